The van der Waals surface area contributed by atoms with Gasteiger partial charge in [0.15, 0.2) is 0 Å². The number of para-hydroxylation sites is 2. The average molecular weight is 266 g/mol. The maximum Gasteiger partial charge on any atom is 0.264 e. The highest BCUT2D eigenvalue weighted by molar-refractivity contribution is 7.92. The van der Waals surface area contributed by atoms with Gasteiger partial charge in [0.05, 0.1) is 5.69 Å². The molecule has 2 aromatic carbocycles. The van der Waals surface area contributed by atoms with E-state index in [0.29, 0.717) is 5.69 Å². The third-order valence-corrected chi connectivity index (χ3v) is 3.77. The van der Waals surface area contributed by atoms with Crippen molar-refractivity contribution >= 4 is 21.4 Å². The van der Waals surface area contributed by atoms with Crippen molar-refractivity contribution in [2.45, 2.75) is 4.90 Å². The maximum atomic E-state index is 13.2. The lowest BCUT2D eigenvalue weighted by molar-refractivity contribution is 0.597. The molecular formula is C12H11FN2O2S. The molecule has 4 nitrogen and oxygen atoms in total. The number of anilines is 2. The van der Waals surface area contributed by atoms with Gasteiger partial charge in [-0.3, -0.25) is 4.72 Å². The average Bonchev–Trinajstić information content (AvgIpc) is 2.33. The minimum atomic E-state index is -3.88. The second-order valence-electron chi connectivity index (χ2n) is 3.62. The molecule has 0 bridgehead atoms. The molecule has 3 N–H and O–H groups in total. The summed E-state index contributed by atoms with van der Waals surface area (Å²) < 4.78 is 39.6. The van der Waals surface area contributed by atoms with Crippen LogP contribution in [0, 0.1) is 5.82 Å². The number of nitrogens with two attached hydrogens (primary N) is 1. The molecule has 0 saturated carbocycles. The van der Waals surface area contributed by atoms with E-state index in [4.69, 9.17) is 5.73 Å². The van der Waals surface area contributed by atoms with E-state index >= 15 is 0 Å². The van der Waals surface area contributed by atoms with Crippen molar-refractivity contribution < 1.29 is 12.8 Å². The Morgan fingerprint density at radius 2 is 1.67 bits per heavy atom. The highest BCUT2D eigenvalue weighted by Gasteiger charge is 2.19. The molecule has 0 unspecified atom stereocenters. The van der Waals surface area contributed by atoms with Gasteiger partial charge in [-0.1, -0.05) is 24.3 Å². The summed E-state index contributed by atoms with van der Waals surface area (Å²) >= 11 is 0. The van der Waals surface area contributed by atoms with E-state index in [0.717, 1.165) is 6.07 Å². The van der Waals surface area contributed by atoms with Gasteiger partial charge in [0.1, 0.15) is 10.7 Å². The molecule has 0 heterocycles. The normalized spacial score (nSPS) is 11.2. The van der Waals surface area contributed by atoms with Crippen LogP contribution in [0.4, 0.5) is 15.8 Å². The Hall–Kier alpha value is -2.08. The SMILES string of the molecule is Nc1c(F)cccc1S(=O)(=O)Nc1ccccc1. The first-order valence-corrected chi connectivity index (χ1v) is 6.61. The lowest BCUT2D eigenvalue weighted by Gasteiger charge is -2.10. The zero-order valence-corrected chi connectivity index (χ0v) is 10.1. The predicted octanol–water partition coefficient (Wildman–Crippen LogP) is 2.21. The Kier molecular flexibility index (Phi) is 3.20. The molecule has 2 aromatic rings. The van der Waals surface area contributed by atoms with Gasteiger partial charge < -0.3 is 5.73 Å². The van der Waals surface area contributed by atoms with Crippen molar-refractivity contribution in [2.75, 3.05) is 10.5 Å². The van der Waals surface area contributed by atoms with Crippen LogP contribution in [0.5, 0.6) is 0 Å². The Morgan fingerprint density at radius 3 is 2.33 bits per heavy atom. The molecule has 0 saturated heterocycles. The lowest BCUT2D eigenvalue weighted by atomic mass is 10.3. The summed E-state index contributed by atoms with van der Waals surface area (Å²) in [6.07, 6.45) is 0. The largest absolute Gasteiger partial charge is 0.395 e. The molecule has 94 valence electrons. The smallest absolute Gasteiger partial charge is 0.264 e. The van der Waals surface area contributed by atoms with E-state index < -0.39 is 15.8 Å². The zero-order valence-electron chi connectivity index (χ0n) is 9.30. The van der Waals surface area contributed by atoms with Gasteiger partial charge in [-0.25, -0.2) is 12.8 Å². The van der Waals surface area contributed by atoms with Crippen molar-refractivity contribution in [1.82, 2.24) is 0 Å². The Morgan fingerprint density at radius 1 is 1.00 bits per heavy atom. The molecule has 0 radical (unpaired) electrons. The van der Waals surface area contributed by atoms with Crippen LogP contribution in [-0.2, 0) is 10.0 Å². The molecule has 6 heteroatoms. The molecular weight excluding hydrogens is 255 g/mol. The second kappa shape index (κ2) is 4.66. The van der Waals surface area contributed by atoms with Crippen LogP contribution in [-0.4, -0.2) is 8.42 Å². The van der Waals surface area contributed by atoms with Gasteiger partial charge in [-0.05, 0) is 24.3 Å². The van der Waals surface area contributed by atoms with Crippen molar-refractivity contribution in [3.8, 4) is 0 Å². The summed E-state index contributed by atoms with van der Waals surface area (Å²) in [5.41, 5.74) is 5.43. The molecule has 2 rings (SSSR count). The Labute approximate surface area is 104 Å². The number of hydrogen-bond acceptors (Lipinski definition) is 3. The Balaban J connectivity index is 2.41. The first kappa shape index (κ1) is 12.4. The van der Waals surface area contributed by atoms with Crippen LogP contribution in [0.15, 0.2) is 53.4 Å². The zero-order chi connectivity index (χ0) is 13.2. The minimum absolute atomic E-state index is 0.272. The van der Waals surface area contributed by atoms with Crippen molar-refractivity contribution in [1.29, 1.82) is 0 Å². The maximum absolute atomic E-state index is 13.2. The summed E-state index contributed by atoms with van der Waals surface area (Å²) in [6.45, 7) is 0. The fourth-order valence-electron chi connectivity index (χ4n) is 1.47. The molecule has 0 aliphatic heterocycles. The van der Waals surface area contributed by atoms with E-state index in [-0.39, 0.29) is 10.6 Å². The van der Waals surface area contributed by atoms with Gasteiger partial charge in [0, 0.05) is 5.69 Å². The highest BCUT2D eigenvalue weighted by Crippen LogP contribution is 2.23. The molecule has 0 atom stereocenters. The van der Waals surface area contributed by atoms with Crippen molar-refractivity contribution in [3.63, 3.8) is 0 Å². The highest BCUT2D eigenvalue weighted by atomic mass is 32.2. The summed E-state index contributed by atoms with van der Waals surface area (Å²) in [6, 6.07) is 12.0. The third kappa shape index (κ3) is 2.43. The first-order chi connectivity index (χ1) is 8.50. The predicted molar refractivity (Wildman–Crippen MR) is 68.1 cm³/mol. The van der Waals surface area contributed by atoms with Gasteiger partial charge in [0.25, 0.3) is 10.0 Å². The van der Waals surface area contributed by atoms with Crippen molar-refractivity contribution in [3.05, 3.63) is 54.3 Å². The second-order valence-corrected chi connectivity index (χ2v) is 5.27. The summed E-state index contributed by atoms with van der Waals surface area (Å²) in [5, 5.41) is 0. The summed E-state index contributed by atoms with van der Waals surface area (Å²) in [4.78, 5) is -0.272. The molecule has 0 amide bonds. The van der Waals surface area contributed by atoms with E-state index in [1.54, 1.807) is 30.3 Å². The molecule has 0 aliphatic rings. The standard InChI is InChI=1S/C12H11FN2O2S/c13-10-7-4-8-11(12(10)14)18(16,17)15-9-5-2-1-3-6-9/h1-8,15H,14H2. The summed E-state index contributed by atoms with van der Waals surface area (Å²) in [5.74, 6) is -0.758. The van der Waals surface area contributed by atoms with Crippen LogP contribution >= 0.6 is 0 Å². The topological polar surface area (TPSA) is 72.2 Å². The molecule has 0 spiro atoms. The fourth-order valence-corrected chi connectivity index (χ4v) is 2.67. The molecule has 18 heavy (non-hydrogen) atoms. The monoisotopic (exact) mass is 266 g/mol. The lowest BCUT2D eigenvalue weighted by Crippen LogP contribution is -2.15. The van der Waals surface area contributed by atoms with Crippen LogP contribution in [0.3, 0.4) is 0 Å². The number of halogens is 1. The van der Waals surface area contributed by atoms with Crippen LogP contribution < -0.4 is 10.5 Å². The van der Waals surface area contributed by atoms with E-state index in [2.05, 4.69) is 4.72 Å². The van der Waals surface area contributed by atoms with E-state index in [9.17, 15) is 12.8 Å². The number of nitrogen functional groups attached to an aromatic ring is 1. The minimum Gasteiger partial charge on any atom is -0.395 e. The van der Waals surface area contributed by atoms with Crippen LogP contribution in [0.25, 0.3) is 0 Å². The van der Waals surface area contributed by atoms with Crippen molar-refractivity contribution in [2.24, 2.45) is 0 Å². The number of hydrogen-bond donors (Lipinski definition) is 2. The number of sulfonamides is 1. The fraction of sp³-hybridized carbons (Fsp3) is 0. The van der Waals surface area contributed by atoms with Crippen LogP contribution in [0.1, 0.15) is 0 Å². The molecule has 0 aromatic heterocycles. The molecule has 0 fully saturated rings. The Bertz CT molecular complexity index is 657. The quantitative estimate of drug-likeness (QED) is 0.837. The number of benzene rings is 2. The van der Waals surface area contributed by atoms with Crippen LogP contribution in [0.2, 0.25) is 0 Å². The first-order valence-electron chi connectivity index (χ1n) is 5.12. The third-order valence-electron chi connectivity index (χ3n) is 2.33. The molecule has 0 aliphatic carbocycles. The van der Waals surface area contributed by atoms with E-state index in [1.807, 2.05) is 0 Å². The summed E-state index contributed by atoms with van der Waals surface area (Å²) in [7, 11) is -3.88. The van der Waals surface area contributed by atoms with Gasteiger partial charge in [-0.2, -0.15) is 0 Å². The number of nitrogens with one attached hydrogen (secondary N) is 1. The van der Waals surface area contributed by atoms with Gasteiger partial charge >= 0.3 is 0 Å². The van der Waals surface area contributed by atoms with E-state index in [1.165, 1.54) is 12.1 Å². The van der Waals surface area contributed by atoms with Gasteiger partial charge in [-0.15, -0.1) is 0 Å². The van der Waals surface area contributed by atoms with Gasteiger partial charge in [0.2, 0.25) is 0 Å². The number of rotatable bonds is 3.